The van der Waals surface area contributed by atoms with Crippen molar-refractivity contribution in [2.45, 2.75) is 26.9 Å². The third-order valence-electron chi connectivity index (χ3n) is 3.30. The molecule has 0 aliphatic heterocycles. The summed E-state index contributed by atoms with van der Waals surface area (Å²) < 4.78 is 0. The molecule has 0 bridgehead atoms. The summed E-state index contributed by atoms with van der Waals surface area (Å²) in [5, 5.41) is 10.3. The Labute approximate surface area is 116 Å². The van der Waals surface area contributed by atoms with Gasteiger partial charge < -0.3 is 5.11 Å². The van der Waals surface area contributed by atoms with Crippen LogP contribution in [0.2, 0.25) is 0 Å². The van der Waals surface area contributed by atoms with Crippen LogP contribution < -0.4 is 0 Å². The maximum absolute atomic E-state index is 11.1. The molecule has 0 saturated heterocycles. The average Bonchev–Trinajstić information content (AvgIpc) is 2.43. The SMILES string of the molecule is C=C([B]/C=C(\C)C(C)=O)C(C)C(O)c1ccccc1. The summed E-state index contributed by atoms with van der Waals surface area (Å²) in [6.07, 6.45) is -0.587. The molecular formula is C16H20BO2. The van der Waals surface area contributed by atoms with E-state index >= 15 is 0 Å². The van der Waals surface area contributed by atoms with E-state index < -0.39 is 6.10 Å². The maximum atomic E-state index is 11.1. The molecule has 3 heteroatoms. The van der Waals surface area contributed by atoms with Crippen LogP contribution in [0.25, 0.3) is 0 Å². The van der Waals surface area contributed by atoms with Gasteiger partial charge in [-0.25, -0.2) is 0 Å². The van der Waals surface area contributed by atoms with Gasteiger partial charge in [0.05, 0.1) is 6.10 Å². The molecule has 0 amide bonds. The number of Topliss-reactive ketones (excluding diaryl/α,β-unsaturated/α-hetero) is 1. The molecule has 99 valence electrons. The van der Waals surface area contributed by atoms with Crippen molar-refractivity contribution in [1.29, 1.82) is 0 Å². The topological polar surface area (TPSA) is 37.3 Å². The van der Waals surface area contributed by atoms with Crippen LogP contribution >= 0.6 is 0 Å². The van der Waals surface area contributed by atoms with Crippen molar-refractivity contribution < 1.29 is 9.90 Å². The fourth-order valence-corrected chi connectivity index (χ4v) is 1.64. The lowest BCUT2D eigenvalue weighted by molar-refractivity contribution is -0.113. The molecule has 0 fully saturated rings. The molecule has 1 aromatic rings. The Morgan fingerprint density at radius 1 is 1.32 bits per heavy atom. The summed E-state index contributed by atoms with van der Waals surface area (Å²) in [4.78, 5) is 11.1. The first-order valence-corrected chi connectivity index (χ1v) is 6.38. The van der Waals surface area contributed by atoms with Gasteiger partial charge in [-0.2, -0.15) is 0 Å². The molecule has 2 unspecified atom stereocenters. The zero-order valence-electron chi connectivity index (χ0n) is 11.8. The zero-order valence-corrected chi connectivity index (χ0v) is 11.8. The highest BCUT2D eigenvalue weighted by Gasteiger charge is 2.18. The quantitative estimate of drug-likeness (QED) is 0.626. The molecule has 1 radical (unpaired) electrons. The van der Waals surface area contributed by atoms with Crippen LogP contribution in [0.15, 0.2) is 53.9 Å². The van der Waals surface area contributed by atoms with Gasteiger partial charge in [-0.05, 0) is 30.9 Å². The van der Waals surface area contributed by atoms with Crippen molar-refractivity contribution in [2.24, 2.45) is 5.92 Å². The van der Waals surface area contributed by atoms with E-state index in [2.05, 4.69) is 6.58 Å². The Kier molecular flexibility index (Phi) is 5.77. The second-order valence-corrected chi connectivity index (χ2v) is 4.79. The molecular weight excluding hydrogens is 235 g/mol. The summed E-state index contributed by atoms with van der Waals surface area (Å²) in [5.74, 6) is 1.69. The van der Waals surface area contributed by atoms with Gasteiger partial charge in [0, 0.05) is 0 Å². The number of hydrogen-bond acceptors (Lipinski definition) is 2. The lowest BCUT2D eigenvalue weighted by Gasteiger charge is -2.20. The normalized spacial score (nSPS) is 14.6. The van der Waals surface area contributed by atoms with E-state index in [1.54, 1.807) is 20.2 Å². The maximum Gasteiger partial charge on any atom is 0.175 e. The van der Waals surface area contributed by atoms with Gasteiger partial charge in [0.1, 0.15) is 0 Å². The van der Waals surface area contributed by atoms with Crippen LogP contribution in [0.5, 0.6) is 0 Å². The van der Waals surface area contributed by atoms with Gasteiger partial charge in [0.2, 0.25) is 0 Å². The van der Waals surface area contributed by atoms with Gasteiger partial charge in [-0.1, -0.05) is 37.3 Å². The first-order chi connectivity index (χ1) is 8.93. The number of hydrogen-bond donors (Lipinski definition) is 1. The number of carbonyl (C=O) groups excluding carboxylic acids is 1. The first kappa shape index (κ1) is 15.5. The number of carbonyl (C=O) groups is 1. The largest absolute Gasteiger partial charge is 0.388 e. The van der Waals surface area contributed by atoms with E-state index in [1.807, 2.05) is 37.3 Å². The van der Waals surface area contributed by atoms with Crippen molar-refractivity contribution >= 4 is 13.1 Å². The Morgan fingerprint density at radius 3 is 2.42 bits per heavy atom. The summed E-state index contributed by atoms with van der Waals surface area (Å²) in [7, 11) is 1.80. The smallest absolute Gasteiger partial charge is 0.175 e. The molecule has 0 aromatic heterocycles. The molecule has 0 saturated carbocycles. The molecule has 2 nitrogen and oxygen atoms in total. The molecule has 0 aliphatic rings. The van der Waals surface area contributed by atoms with E-state index in [4.69, 9.17) is 0 Å². The fraction of sp³-hybridized carbons (Fsp3) is 0.312. The van der Waals surface area contributed by atoms with Gasteiger partial charge in [0.15, 0.2) is 13.1 Å². The number of aliphatic hydroxyl groups is 1. The van der Waals surface area contributed by atoms with E-state index in [-0.39, 0.29) is 11.7 Å². The minimum absolute atomic E-state index is 0.0420. The van der Waals surface area contributed by atoms with Gasteiger partial charge in [-0.15, -0.1) is 18.0 Å². The number of ketones is 1. The van der Waals surface area contributed by atoms with Crippen LogP contribution in [-0.2, 0) is 4.79 Å². The molecule has 2 atom stereocenters. The third kappa shape index (κ3) is 4.53. The zero-order chi connectivity index (χ0) is 14.4. The molecule has 1 rings (SSSR count). The van der Waals surface area contributed by atoms with Gasteiger partial charge in [-0.3, -0.25) is 4.79 Å². The number of allylic oxidation sites excluding steroid dienone is 1. The first-order valence-electron chi connectivity index (χ1n) is 6.38. The van der Waals surface area contributed by atoms with Crippen LogP contribution in [-0.4, -0.2) is 18.2 Å². The van der Waals surface area contributed by atoms with Crippen LogP contribution in [0, 0.1) is 5.92 Å². The van der Waals surface area contributed by atoms with Crippen molar-refractivity contribution in [1.82, 2.24) is 0 Å². The molecule has 0 aliphatic carbocycles. The standard InChI is InChI=1S/C16H20BO2/c1-11(14(4)18)10-17-13(3)12(2)16(19)15-8-6-5-7-9-15/h5-10,12,16,19H,3H2,1-2,4H3/b11-10+. The van der Waals surface area contributed by atoms with E-state index in [0.717, 1.165) is 11.0 Å². The second-order valence-electron chi connectivity index (χ2n) is 4.79. The van der Waals surface area contributed by atoms with Gasteiger partial charge >= 0.3 is 0 Å². The summed E-state index contributed by atoms with van der Waals surface area (Å²) in [5.41, 5.74) is 2.36. The number of benzene rings is 1. The second kappa shape index (κ2) is 7.10. The summed E-state index contributed by atoms with van der Waals surface area (Å²) in [6.45, 7) is 9.19. The van der Waals surface area contributed by atoms with E-state index in [9.17, 15) is 9.90 Å². The predicted molar refractivity (Wildman–Crippen MR) is 79.9 cm³/mol. The highest BCUT2D eigenvalue weighted by atomic mass is 16.3. The van der Waals surface area contributed by atoms with E-state index in [1.165, 1.54) is 6.92 Å². The van der Waals surface area contributed by atoms with Crippen molar-refractivity contribution in [3.63, 3.8) is 0 Å². The minimum atomic E-state index is -0.587. The Hall–Kier alpha value is -1.61. The Bertz CT molecular complexity index is 477. The predicted octanol–water partition coefficient (Wildman–Crippen LogP) is 3.07. The number of rotatable bonds is 6. The molecule has 0 spiro atoms. The third-order valence-corrected chi connectivity index (χ3v) is 3.30. The fourth-order valence-electron chi connectivity index (χ4n) is 1.64. The summed E-state index contributed by atoms with van der Waals surface area (Å²) >= 11 is 0. The molecule has 1 aromatic carbocycles. The van der Waals surface area contributed by atoms with Crippen LogP contribution in [0.4, 0.5) is 0 Å². The molecule has 19 heavy (non-hydrogen) atoms. The van der Waals surface area contributed by atoms with Gasteiger partial charge in [0.25, 0.3) is 0 Å². The minimum Gasteiger partial charge on any atom is -0.388 e. The number of aliphatic hydroxyl groups excluding tert-OH is 1. The molecule has 1 N–H and O–H groups in total. The van der Waals surface area contributed by atoms with E-state index in [0.29, 0.717) is 5.57 Å². The monoisotopic (exact) mass is 255 g/mol. The highest BCUT2D eigenvalue weighted by Crippen LogP contribution is 2.26. The van der Waals surface area contributed by atoms with Crippen molar-refractivity contribution in [3.05, 3.63) is 59.5 Å². The van der Waals surface area contributed by atoms with Crippen LogP contribution in [0.1, 0.15) is 32.4 Å². The lowest BCUT2D eigenvalue weighted by atomic mass is 9.63. The molecule has 0 heterocycles. The van der Waals surface area contributed by atoms with Crippen molar-refractivity contribution in [2.75, 3.05) is 0 Å². The highest BCUT2D eigenvalue weighted by molar-refractivity contribution is 6.51. The lowest BCUT2D eigenvalue weighted by Crippen LogP contribution is -2.14. The Morgan fingerprint density at radius 2 is 1.89 bits per heavy atom. The average molecular weight is 255 g/mol. The van der Waals surface area contributed by atoms with Crippen molar-refractivity contribution in [3.8, 4) is 0 Å². The van der Waals surface area contributed by atoms with Crippen LogP contribution in [0.3, 0.4) is 0 Å². The Balaban J connectivity index is 2.67. The summed E-state index contributed by atoms with van der Waals surface area (Å²) in [6, 6.07) is 9.51.